The molecule has 0 spiro atoms. The van der Waals surface area contributed by atoms with E-state index in [1.807, 2.05) is 6.07 Å². The highest BCUT2D eigenvalue weighted by Crippen LogP contribution is 2.34. The number of nitrogens with zero attached hydrogens (tertiary/aromatic N) is 3. The lowest BCUT2D eigenvalue weighted by molar-refractivity contribution is -0.192. The minimum absolute atomic E-state index is 0.0334. The molecule has 12 heteroatoms. The van der Waals surface area contributed by atoms with Crippen LogP contribution < -0.4 is 10.2 Å². The SMILES string of the molecule is COCCNC(=O)[C@@H]1C[C@@H]2CCN(c3ncccn3)C[C@@H]2O1.O=C(O)C(F)(F)F. The number of hydrogen-bond acceptors (Lipinski definition) is 7. The molecule has 1 aromatic rings. The molecule has 3 rings (SSSR count). The van der Waals surface area contributed by atoms with Crippen molar-refractivity contribution >= 4 is 17.8 Å². The summed E-state index contributed by atoms with van der Waals surface area (Å²) in [6.07, 6.45) is -0.0526. The Bertz CT molecular complexity index is 677. The zero-order valence-corrected chi connectivity index (χ0v) is 15.8. The Balaban J connectivity index is 0.000000370. The van der Waals surface area contributed by atoms with Gasteiger partial charge >= 0.3 is 12.1 Å². The van der Waals surface area contributed by atoms with Gasteiger partial charge in [-0.2, -0.15) is 13.2 Å². The molecule has 3 atom stereocenters. The van der Waals surface area contributed by atoms with Crippen molar-refractivity contribution in [2.45, 2.75) is 31.2 Å². The molecule has 0 unspecified atom stereocenters. The highest BCUT2D eigenvalue weighted by Gasteiger charge is 2.42. The van der Waals surface area contributed by atoms with E-state index in [-0.39, 0.29) is 18.1 Å². The van der Waals surface area contributed by atoms with Crippen molar-refractivity contribution in [1.82, 2.24) is 15.3 Å². The summed E-state index contributed by atoms with van der Waals surface area (Å²) in [4.78, 5) is 31.7. The molecule has 1 aromatic heterocycles. The van der Waals surface area contributed by atoms with E-state index in [0.29, 0.717) is 19.1 Å². The number of methoxy groups -OCH3 is 1. The Kier molecular flexibility index (Phi) is 8.14. The molecule has 0 aromatic carbocycles. The average molecular weight is 420 g/mol. The summed E-state index contributed by atoms with van der Waals surface area (Å²) in [5, 5.41) is 9.98. The fourth-order valence-corrected chi connectivity index (χ4v) is 3.13. The van der Waals surface area contributed by atoms with Crippen LogP contribution in [0.25, 0.3) is 0 Å². The van der Waals surface area contributed by atoms with Crippen molar-refractivity contribution in [3.8, 4) is 0 Å². The molecule has 3 heterocycles. The summed E-state index contributed by atoms with van der Waals surface area (Å²) in [5.41, 5.74) is 0. The first-order valence-electron chi connectivity index (χ1n) is 8.96. The van der Waals surface area contributed by atoms with Gasteiger partial charge in [0.05, 0.1) is 12.7 Å². The van der Waals surface area contributed by atoms with Gasteiger partial charge in [0.2, 0.25) is 11.9 Å². The smallest absolute Gasteiger partial charge is 0.475 e. The van der Waals surface area contributed by atoms with Crippen molar-refractivity contribution in [3.63, 3.8) is 0 Å². The van der Waals surface area contributed by atoms with Crippen LogP contribution in [0.15, 0.2) is 18.5 Å². The lowest BCUT2D eigenvalue weighted by atomic mass is 9.92. The molecule has 0 aliphatic carbocycles. The Morgan fingerprint density at radius 2 is 2.03 bits per heavy atom. The monoisotopic (exact) mass is 420 g/mol. The number of ether oxygens (including phenoxy) is 2. The number of aromatic nitrogens is 2. The number of hydrogen-bond donors (Lipinski definition) is 2. The van der Waals surface area contributed by atoms with Crippen molar-refractivity contribution < 1.29 is 37.3 Å². The number of amides is 1. The zero-order valence-electron chi connectivity index (χ0n) is 15.8. The molecule has 0 saturated carbocycles. The number of fused-ring (bicyclic) bond motifs is 1. The van der Waals surface area contributed by atoms with E-state index in [2.05, 4.69) is 20.2 Å². The summed E-state index contributed by atoms with van der Waals surface area (Å²) in [7, 11) is 1.62. The van der Waals surface area contributed by atoms with E-state index < -0.39 is 12.1 Å². The van der Waals surface area contributed by atoms with Crippen LogP contribution >= 0.6 is 0 Å². The molecule has 0 radical (unpaired) electrons. The fourth-order valence-electron chi connectivity index (χ4n) is 3.13. The van der Waals surface area contributed by atoms with Crippen molar-refractivity contribution in [1.29, 1.82) is 0 Å². The highest BCUT2D eigenvalue weighted by atomic mass is 19.4. The third-order valence-corrected chi connectivity index (χ3v) is 4.53. The largest absolute Gasteiger partial charge is 0.490 e. The Morgan fingerprint density at radius 1 is 1.38 bits per heavy atom. The van der Waals surface area contributed by atoms with E-state index in [1.54, 1.807) is 19.5 Å². The highest BCUT2D eigenvalue weighted by molar-refractivity contribution is 5.81. The second kappa shape index (κ2) is 10.3. The number of carboxylic acid groups (broad SMARTS) is 1. The van der Waals surface area contributed by atoms with Crippen LogP contribution in [0.4, 0.5) is 19.1 Å². The molecule has 2 aliphatic rings. The fraction of sp³-hybridized carbons (Fsp3) is 0.647. The van der Waals surface area contributed by atoms with Gasteiger partial charge in [-0.25, -0.2) is 14.8 Å². The normalized spacial score (nSPS) is 23.6. The van der Waals surface area contributed by atoms with Gasteiger partial charge in [0, 0.05) is 39.1 Å². The first kappa shape index (κ1) is 22.8. The average Bonchev–Trinajstić information content (AvgIpc) is 3.12. The van der Waals surface area contributed by atoms with E-state index in [4.69, 9.17) is 19.4 Å². The first-order valence-corrected chi connectivity index (χ1v) is 8.96. The maximum absolute atomic E-state index is 12.1. The lowest BCUT2D eigenvalue weighted by Gasteiger charge is -2.33. The van der Waals surface area contributed by atoms with Gasteiger partial charge in [0.25, 0.3) is 0 Å². The number of halogens is 3. The van der Waals surface area contributed by atoms with Crippen LogP contribution in [-0.4, -0.2) is 78.7 Å². The Morgan fingerprint density at radius 3 is 2.62 bits per heavy atom. The molecular formula is C17H23F3N4O5. The van der Waals surface area contributed by atoms with E-state index >= 15 is 0 Å². The van der Waals surface area contributed by atoms with Crippen molar-refractivity contribution in [2.75, 3.05) is 38.3 Å². The Hall–Kier alpha value is -2.47. The van der Waals surface area contributed by atoms with Gasteiger partial charge in [0.15, 0.2) is 0 Å². The molecule has 0 bridgehead atoms. The third kappa shape index (κ3) is 6.82. The standard InChI is InChI=1S/C15H22N4O3.C2HF3O2/c1-21-8-6-16-14(20)12-9-11-3-7-19(10-13(11)22-12)15-17-4-2-5-18-15;3-2(4,5)1(6)7/h2,4-5,11-13H,3,6-10H2,1H3,(H,16,20);(H,6,7)/t11-,12-,13-;/m0./s1. The molecule has 162 valence electrons. The number of carboxylic acids is 1. The topological polar surface area (TPSA) is 114 Å². The van der Waals surface area contributed by atoms with Crippen LogP contribution in [0, 0.1) is 5.92 Å². The van der Waals surface area contributed by atoms with E-state index in [1.165, 1.54) is 0 Å². The summed E-state index contributed by atoms with van der Waals surface area (Å²) in [6, 6.07) is 1.81. The van der Waals surface area contributed by atoms with Gasteiger partial charge < -0.3 is 24.8 Å². The molecule has 29 heavy (non-hydrogen) atoms. The number of rotatable bonds is 5. The molecule has 2 fully saturated rings. The van der Waals surface area contributed by atoms with Crippen LogP contribution in [0.5, 0.6) is 0 Å². The second-order valence-electron chi connectivity index (χ2n) is 6.53. The lowest BCUT2D eigenvalue weighted by Crippen LogP contribution is -2.43. The Labute approximate surface area is 165 Å². The number of nitrogens with one attached hydrogen (secondary N) is 1. The number of piperidine rings is 1. The zero-order chi connectivity index (χ0) is 21.4. The van der Waals surface area contributed by atoms with Gasteiger partial charge in [-0.3, -0.25) is 4.79 Å². The van der Waals surface area contributed by atoms with Crippen LogP contribution in [0.1, 0.15) is 12.8 Å². The van der Waals surface area contributed by atoms with Gasteiger partial charge in [0.1, 0.15) is 6.10 Å². The molecule has 9 nitrogen and oxygen atoms in total. The van der Waals surface area contributed by atoms with Crippen LogP contribution in [0.3, 0.4) is 0 Å². The van der Waals surface area contributed by atoms with Gasteiger partial charge in [-0.05, 0) is 24.8 Å². The van der Waals surface area contributed by atoms with Crippen molar-refractivity contribution in [2.24, 2.45) is 5.92 Å². The van der Waals surface area contributed by atoms with Gasteiger partial charge in [-0.1, -0.05) is 0 Å². The number of carbonyl (C=O) groups excluding carboxylic acids is 1. The first-order chi connectivity index (χ1) is 13.7. The van der Waals surface area contributed by atoms with E-state index in [0.717, 1.165) is 31.9 Å². The van der Waals surface area contributed by atoms with E-state index in [9.17, 15) is 18.0 Å². The summed E-state index contributed by atoms with van der Waals surface area (Å²) < 4.78 is 42.6. The minimum Gasteiger partial charge on any atom is -0.475 e. The summed E-state index contributed by atoms with van der Waals surface area (Å²) in [6.45, 7) is 2.70. The van der Waals surface area contributed by atoms with Crippen LogP contribution in [-0.2, 0) is 19.1 Å². The third-order valence-electron chi connectivity index (χ3n) is 4.53. The number of alkyl halides is 3. The predicted molar refractivity (Wildman–Crippen MR) is 94.2 cm³/mol. The van der Waals surface area contributed by atoms with Crippen LogP contribution in [0.2, 0.25) is 0 Å². The minimum atomic E-state index is -5.08. The molecule has 2 saturated heterocycles. The van der Waals surface area contributed by atoms with Crippen molar-refractivity contribution in [3.05, 3.63) is 18.5 Å². The predicted octanol–water partition coefficient (Wildman–Crippen LogP) is 0.856. The van der Waals surface area contributed by atoms with Gasteiger partial charge in [-0.15, -0.1) is 0 Å². The number of carbonyl (C=O) groups is 2. The molecule has 1 amide bonds. The summed E-state index contributed by atoms with van der Waals surface area (Å²) >= 11 is 0. The molecular weight excluding hydrogens is 397 g/mol. The summed E-state index contributed by atoms with van der Waals surface area (Å²) in [5.74, 6) is -1.61. The maximum Gasteiger partial charge on any atom is 0.490 e. The molecule has 2 N–H and O–H groups in total. The number of aliphatic carboxylic acids is 1. The number of anilines is 1. The second-order valence-corrected chi connectivity index (χ2v) is 6.53. The maximum atomic E-state index is 12.1. The molecule has 2 aliphatic heterocycles. The quantitative estimate of drug-likeness (QED) is 0.675.